The first-order valence-electron chi connectivity index (χ1n) is 5.73. The van der Waals surface area contributed by atoms with E-state index in [0.29, 0.717) is 25.7 Å². The van der Waals surface area contributed by atoms with Crippen LogP contribution in [0.1, 0.15) is 20.8 Å². The van der Waals surface area contributed by atoms with E-state index in [1.165, 1.54) is 0 Å². The Bertz CT molecular complexity index is 143. The lowest BCUT2D eigenvalue weighted by atomic mass is 10.2. The number of hydrogen-bond acceptors (Lipinski definition) is 4. The van der Waals surface area contributed by atoms with Crippen molar-refractivity contribution in [2.24, 2.45) is 0 Å². The van der Waals surface area contributed by atoms with Crippen LogP contribution in [0.3, 0.4) is 0 Å². The maximum absolute atomic E-state index is 9.75. The van der Waals surface area contributed by atoms with Crippen molar-refractivity contribution in [1.29, 1.82) is 0 Å². The average Bonchev–Trinajstić information content (AvgIpc) is 2.20. The predicted molar refractivity (Wildman–Crippen MR) is 63.1 cm³/mol. The number of methoxy groups -OCH3 is 1. The lowest BCUT2D eigenvalue weighted by molar-refractivity contribution is 0.0723. The van der Waals surface area contributed by atoms with Gasteiger partial charge in [-0.25, -0.2) is 0 Å². The summed E-state index contributed by atoms with van der Waals surface area (Å²) in [5, 5.41) is 12.9. The number of likely N-dealkylation sites (N-methyl/N-ethyl adjacent to an activating group) is 1. The Balaban J connectivity index is 3.81. The molecule has 0 rings (SSSR count). The number of ether oxygens (including phenoxy) is 1. The average molecular weight is 218 g/mol. The zero-order valence-electron chi connectivity index (χ0n) is 10.5. The Morgan fingerprint density at radius 3 is 2.53 bits per heavy atom. The van der Waals surface area contributed by atoms with Crippen molar-refractivity contribution in [1.82, 2.24) is 10.2 Å². The Kier molecular flexibility index (Phi) is 9.00. The molecule has 4 heteroatoms. The van der Waals surface area contributed by atoms with Crippen LogP contribution in [0.2, 0.25) is 0 Å². The normalized spacial score (nSPS) is 13.8. The zero-order valence-corrected chi connectivity index (χ0v) is 10.5. The highest BCUT2D eigenvalue weighted by atomic mass is 16.5. The van der Waals surface area contributed by atoms with Crippen LogP contribution in [0.15, 0.2) is 0 Å². The van der Waals surface area contributed by atoms with Gasteiger partial charge in [-0.15, -0.1) is 0 Å². The fourth-order valence-corrected chi connectivity index (χ4v) is 1.42. The SMILES string of the molecule is CCNCC(O)CN(CCOC)C(C)C. The van der Waals surface area contributed by atoms with Gasteiger partial charge in [-0.05, 0) is 20.4 Å². The van der Waals surface area contributed by atoms with E-state index in [4.69, 9.17) is 4.74 Å². The second-order valence-corrected chi connectivity index (χ2v) is 4.04. The van der Waals surface area contributed by atoms with Crippen LogP contribution >= 0.6 is 0 Å². The number of rotatable bonds is 9. The van der Waals surface area contributed by atoms with Crippen molar-refractivity contribution >= 4 is 0 Å². The lowest BCUT2D eigenvalue weighted by Crippen LogP contribution is -2.43. The number of nitrogens with one attached hydrogen (secondary N) is 1. The van der Waals surface area contributed by atoms with Gasteiger partial charge in [-0.1, -0.05) is 6.92 Å². The summed E-state index contributed by atoms with van der Waals surface area (Å²) >= 11 is 0. The van der Waals surface area contributed by atoms with Gasteiger partial charge < -0.3 is 15.2 Å². The highest BCUT2D eigenvalue weighted by Gasteiger charge is 2.13. The van der Waals surface area contributed by atoms with Gasteiger partial charge in [-0.2, -0.15) is 0 Å². The number of hydrogen-bond donors (Lipinski definition) is 2. The largest absolute Gasteiger partial charge is 0.390 e. The van der Waals surface area contributed by atoms with Crippen molar-refractivity contribution in [3.8, 4) is 0 Å². The van der Waals surface area contributed by atoms with Crippen LogP contribution in [0, 0.1) is 0 Å². The van der Waals surface area contributed by atoms with Crippen LogP contribution in [0.4, 0.5) is 0 Å². The first kappa shape index (κ1) is 14.8. The maximum atomic E-state index is 9.75. The molecule has 0 aliphatic carbocycles. The molecule has 0 aliphatic heterocycles. The van der Waals surface area contributed by atoms with Crippen molar-refractivity contribution in [3.63, 3.8) is 0 Å². The van der Waals surface area contributed by atoms with E-state index in [1.54, 1.807) is 7.11 Å². The third-order valence-electron chi connectivity index (χ3n) is 2.39. The van der Waals surface area contributed by atoms with E-state index < -0.39 is 0 Å². The van der Waals surface area contributed by atoms with Crippen LogP contribution in [-0.2, 0) is 4.74 Å². The van der Waals surface area contributed by atoms with E-state index in [-0.39, 0.29) is 6.10 Å². The highest BCUT2D eigenvalue weighted by molar-refractivity contribution is 4.69. The van der Waals surface area contributed by atoms with Crippen LogP contribution in [0.25, 0.3) is 0 Å². The van der Waals surface area contributed by atoms with Gasteiger partial charge in [0, 0.05) is 32.8 Å². The van der Waals surface area contributed by atoms with Gasteiger partial charge in [0.1, 0.15) is 0 Å². The number of aliphatic hydroxyl groups excluding tert-OH is 1. The molecule has 0 radical (unpaired) electrons. The van der Waals surface area contributed by atoms with Crippen molar-refractivity contribution in [3.05, 3.63) is 0 Å². The minimum Gasteiger partial charge on any atom is -0.390 e. The predicted octanol–water partition coefficient (Wildman–Crippen LogP) is 0.314. The van der Waals surface area contributed by atoms with Crippen molar-refractivity contribution in [2.45, 2.75) is 32.9 Å². The summed E-state index contributed by atoms with van der Waals surface area (Å²) in [5.74, 6) is 0. The van der Waals surface area contributed by atoms with Crippen LogP contribution < -0.4 is 5.32 Å². The smallest absolute Gasteiger partial charge is 0.0791 e. The summed E-state index contributed by atoms with van der Waals surface area (Å²) in [6, 6.07) is 0.441. The van der Waals surface area contributed by atoms with Gasteiger partial charge in [-0.3, -0.25) is 4.90 Å². The van der Waals surface area contributed by atoms with Gasteiger partial charge >= 0.3 is 0 Å². The molecule has 0 spiro atoms. The monoisotopic (exact) mass is 218 g/mol. The molecule has 1 atom stereocenters. The van der Waals surface area contributed by atoms with Gasteiger partial charge in [0.05, 0.1) is 12.7 Å². The second-order valence-electron chi connectivity index (χ2n) is 4.04. The van der Waals surface area contributed by atoms with Crippen LogP contribution in [-0.4, -0.2) is 62.0 Å². The van der Waals surface area contributed by atoms with E-state index in [1.807, 2.05) is 6.92 Å². The number of aliphatic hydroxyl groups is 1. The van der Waals surface area contributed by atoms with Crippen molar-refractivity contribution in [2.75, 3.05) is 39.9 Å². The molecular weight excluding hydrogens is 192 g/mol. The summed E-state index contributed by atoms with van der Waals surface area (Å²) in [7, 11) is 1.70. The molecule has 0 aromatic heterocycles. The molecule has 2 N–H and O–H groups in total. The Labute approximate surface area is 93.6 Å². The summed E-state index contributed by atoms with van der Waals surface area (Å²) in [5.41, 5.74) is 0. The standard InChI is InChI=1S/C11H26N2O2/c1-5-12-8-11(14)9-13(10(2)3)6-7-15-4/h10-12,14H,5-9H2,1-4H3. The van der Waals surface area contributed by atoms with Gasteiger partial charge in [0.15, 0.2) is 0 Å². The Morgan fingerprint density at radius 2 is 2.07 bits per heavy atom. The molecular formula is C11H26N2O2. The second kappa shape index (κ2) is 9.09. The summed E-state index contributed by atoms with van der Waals surface area (Å²) in [6.45, 7) is 10.2. The fourth-order valence-electron chi connectivity index (χ4n) is 1.42. The summed E-state index contributed by atoms with van der Waals surface area (Å²) in [4.78, 5) is 2.23. The molecule has 0 fully saturated rings. The third-order valence-corrected chi connectivity index (χ3v) is 2.39. The molecule has 0 saturated carbocycles. The Hall–Kier alpha value is -0.160. The first-order valence-corrected chi connectivity index (χ1v) is 5.73. The minimum absolute atomic E-state index is 0.302. The summed E-state index contributed by atoms with van der Waals surface area (Å²) < 4.78 is 5.05. The van der Waals surface area contributed by atoms with E-state index >= 15 is 0 Å². The van der Waals surface area contributed by atoms with Gasteiger partial charge in [0.25, 0.3) is 0 Å². The maximum Gasteiger partial charge on any atom is 0.0791 e. The Morgan fingerprint density at radius 1 is 1.40 bits per heavy atom. The van der Waals surface area contributed by atoms with Gasteiger partial charge in [0.2, 0.25) is 0 Å². The molecule has 0 bridgehead atoms. The summed E-state index contributed by atoms with van der Waals surface area (Å²) in [6.07, 6.45) is -0.302. The third kappa shape index (κ3) is 7.73. The molecule has 92 valence electrons. The molecule has 0 aliphatic rings. The highest BCUT2D eigenvalue weighted by Crippen LogP contribution is 1.99. The molecule has 15 heavy (non-hydrogen) atoms. The van der Waals surface area contributed by atoms with E-state index in [0.717, 1.165) is 13.1 Å². The lowest BCUT2D eigenvalue weighted by Gasteiger charge is -2.28. The van der Waals surface area contributed by atoms with Crippen LogP contribution in [0.5, 0.6) is 0 Å². The molecule has 0 heterocycles. The molecule has 0 aromatic carbocycles. The topological polar surface area (TPSA) is 44.7 Å². The molecule has 1 unspecified atom stereocenters. The zero-order chi connectivity index (χ0) is 11.7. The van der Waals surface area contributed by atoms with E-state index in [2.05, 4.69) is 24.1 Å². The molecule has 0 amide bonds. The minimum atomic E-state index is -0.302. The fraction of sp³-hybridized carbons (Fsp3) is 1.00. The quantitative estimate of drug-likeness (QED) is 0.585. The molecule has 4 nitrogen and oxygen atoms in total. The van der Waals surface area contributed by atoms with E-state index in [9.17, 15) is 5.11 Å². The molecule has 0 saturated heterocycles. The first-order chi connectivity index (χ1) is 7.11. The number of nitrogens with zero attached hydrogens (tertiary/aromatic N) is 1. The molecule has 0 aromatic rings. The van der Waals surface area contributed by atoms with Crippen molar-refractivity contribution < 1.29 is 9.84 Å².